The summed E-state index contributed by atoms with van der Waals surface area (Å²) in [7, 11) is 4.03. The first kappa shape index (κ1) is 25.9. The van der Waals surface area contributed by atoms with Gasteiger partial charge in [0.1, 0.15) is 41.2 Å². The molecule has 8 nitrogen and oxygen atoms in total. The van der Waals surface area contributed by atoms with Crippen LogP contribution in [0.4, 0.5) is 10.2 Å². The van der Waals surface area contributed by atoms with Crippen LogP contribution in [-0.4, -0.2) is 57.1 Å². The van der Waals surface area contributed by atoms with Crippen LogP contribution in [0, 0.1) is 19.7 Å². The van der Waals surface area contributed by atoms with E-state index in [1.54, 1.807) is 0 Å². The number of anilines is 1. The first-order valence-corrected chi connectivity index (χ1v) is 13.4. The molecule has 0 bridgehead atoms. The molecule has 6 rings (SSSR count). The lowest BCUT2D eigenvalue weighted by Crippen LogP contribution is -2.29. The number of benzene rings is 2. The molecule has 0 radical (unpaired) electrons. The van der Waals surface area contributed by atoms with Gasteiger partial charge >= 0.3 is 0 Å². The van der Waals surface area contributed by atoms with Crippen molar-refractivity contribution < 1.29 is 9.13 Å². The molecule has 5 aromatic rings. The number of nitrogens with one attached hydrogen (secondary N) is 1. The fraction of sp³-hybridized carbons (Fsp3) is 0.290. The summed E-state index contributed by atoms with van der Waals surface area (Å²) in [6, 6.07) is 15.0. The average molecular weight is 538 g/mol. The van der Waals surface area contributed by atoms with Crippen molar-refractivity contribution in [3.8, 4) is 16.9 Å². The van der Waals surface area contributed by atoms with Gasteiger partial charge in [0.15, 0.2) is 5.65 Å². The first-order valence-electron chi connectivity index (χ1n) is 13.4. The van der Waals surface area contributed by atoms with E-state index in [1.807, 2.05) is 52.3 Å². The molecule has 3 aromatic heterocycles. The highest BCUT2D eigenvalue weighted by Crippen LogP contribution is 2.33. The molecule has 0 unspecified atom stereocenters. The van der Waals surface area contributed by atoms with Gasteiger partial charge in [0, 0.05) is 41.5 Å². The summed E-state index contributed by atoms with van der Waals surface area (Å²) >= 11 is 0. The Hall–Kier alpha value is -4.37. The molecule has 0 spiro atoms. The maximum atomic E-state index is 13.6. The van der Waals surface area contributed by atoms with E-state index in [1.165, 1.54) is 12.1 Å². The van der Waals surface area contributed by atoms with E-state index in [9.17, 15) is 4.39 Å². The number of nitrogens with zero attached hydrogens (tertiary/aromatic N) is 6. The number of aromatic amines is 1. The highest BCUT2D eigenvalue weighted by Gasteiger charge is 2.23. The molecule has 0 amide bonds. The van der Waals surface area contributed by atoms with E-state index < -0.39 is 0 Å². The molecule has 0 aliphatic carbocycles. The Balaban J connectivity index is 1.38. The van der Waals surface area contributed by atoms with Gasteiger partial charge in [-0.05, 0) is 69.4 Å². The number of imidazole rings is 1. The number of fused-ring (bicyclic) bond motifs is 2. The monoisotopic (exact) mass is 537 g/mol. The van der Waals surface area contributed by atoms with Crippen LogP contribution in [0.1, 0.15) is 34.0 Å². The lowest BCUT2D eigenvalue weighted by atomic mass is 10.0. The fourth-order valence-electron chi connectivity index (χ4n) is 5.19. The zero-order valence-corrected chi connectivity index (χ0v) is 23.2. The number of halogens is 1. The van der Waals surface area contributed by atoms with Crippen LogP contribution in [0.25, 0.3) is 22.3 Å². The van der Waals surface area contributed by atoms with Gasteiger partial charge in [-0.1, -0.05) is 18.2 Å². The minimum Gasteiger partial charge on any atom is -0.491 e. The smallest absolute Gasteiger partial charge is 0.157 e. The van der Waals surface area contributed by atoms with Crippen LogP contribution in [-0.2, 0) is 19.5 Å². The molecule has 9 heteroatoms. The molecule has 4 heterocycles. The molecule has 40 heavy (non-hydrogen) atoms. The van der Waals surface area contributed by atoms with Gasteiger partial charge in [-0.3, -0.25) is 0 Å². The predicted molar refractivity (Wildman–Crippen MR) is 154 cm³/mol. The van der Waals surface area contributed by atoms with Crippen LogP contribution in [0.15, 0.2) is 54.7 Å². The van der Waals surface area contributed by atoms with Crippen LogP contribution in [0.3, 0.4) is 0 Å². The zero-order chi connectivity index (χ0) is 27.8. The first-order chi connectivity index (χ1) is 19.3. The number of aryl methyl sites for hydroxylation is 2. The van der Waals surface area contributed by atoms with Gasteiger partial charge in [0.2, 0.25) is 0 Å². The lowest BCUT2D eigenvalue weighted by Gasteiger charge is -2.26. The third kappa shape index (κ3) is 5.37. The predicted octanol–water partition coefficient (Wildman–Crippen LogP) is 5.22. The van der Waals surface area contributed by atoms with Gasteiger partial charge in [0.05, 0.1) is 13.1 Å². The Morgan fingerprint density at radius 3 is 2.62 bits per heavy atom. The minimum atomic E-state index is -0.243. The molecule has 1 aliphatic rings. The molecule has 1 aliphatic heterocycles. The number of pyridine rings is 1. The molecular weight excluding hydrogens is 505 g/mol. The largest absolute Gasteiger partial charge is 0.491 e. The van der Waals surface area contributed by atoms with E-state index >= 15 is 0 Å². The number of hydrogen-bond donors (Lipinski definition) is 1. The van der Waals surface area contributed by atoms with Crippen molar-refractivity contribution in [2.45, 2.75) is 33.4 Å². The number of aromatic nitrogens is 5. The standard InChI is InChI=1S/C31H32FN7O/c1-19-26(13-21-5-8-25(32)9-6-21)31(37-29(34-19)18-38(3)4)39-11-12-40-28-10-7-22(14-24(28)17-39)23-15-27-30(33-16-23)36-20(2)35-27/h5-10,14-16H,11-13,17-18H2,1-4H3,(H,33,35,36). The Morgan fingerprint density at radius 1 is 1.00 bits per heavy atom. The Kier molecular flexibility index (Phi) is 6.89. The molecule has 0 atom stereocenters. The van der Waals surface area contributed by atoms with Crippen molar-refractivity contribution in [1.29, 1.82) is 0 Å². The number of rotatable bonds is 6. The molecule has 0 saturated carbocycles. The van der Waals surface area contributed by atoms with E-state index in [-0.39, 0.29) is 5.82 Å². The maximum Gasteiger partial charge on any atom is 0.157 e. The van der Waals surface area contributed by atoms with Gasteiger partial charge < -0.3 is 19.5 Å². The van der Waals surface area contributed by atoms with Crippen LogP contribution >= 0.6 is 0 Å². The molecule has 1 N–H and O–H groups in total. The third-order valence-electron chi connectivity index (χ3n) is 7.12. The van der Waals surface area contributed by atoms with Gasteiger partial charge in [-0.15, -0.1) is 0 Å². The average Bonchev–Trinajstić information content (AvgIpc) is 3.16. The van der Waals surface area contributed by atoms with Crippen molar-refractivity contribution in [2.24, 2.45) is 0 Å². The Bertz CT molecular complexity index is 1680. The molecular formula is C31H32FN7O. The van der Waals surface area contributed by atoms with Crippen molar-refractivity contribution in [1.82, 2.24) is 29.8 Å². The van der Waals surface area contributed by atoms with Crippen LogP contribution in [0.5, 0.6) is 5.75 Å². The van der Waals surface area contributed by atoms with Gasteiger partial charge in [-0.25, -0.2) is 24.3 Å². The summed E-state index contributed by atoms with van der Waals surface area (Å²) < 4.78 is 19.8. The second kappa shape index (κ2) is 10.7. The third-order valence-corrected chi connectivity index (χ3v) is 7.12. The fourth-order valence-corrected chi connectivity index (χ4v) is 5.19. The van der Waals surface area contributed by atoms with E-state index in [0.717, 1.165) is 67.9 Å². The Morgan fingerprint density at radius 2 is 1.82 bits per heavy atom. The second-order valence-corrected chi connectivity index (χ2v) is 10.6. The summed E-state index contributed by atoms with van der Waals surface area (Å²) in [6.07, 6.45) is 2.49. The van der Waals surface area contributed by atoms with Crippen molar-refractivity contribution in [2.75, 3.05) is 32.1 Å². The van der Waals surface area contributed by atoms with Crippen LogP contribution < -0.4 is 9.64 Å². The minimum absolute atomic E-state index is 0.243. The van der Waals surface area contributed by atoms with E-state index in [4.69, 9.17) is 14.7 Å². The SMILES string of the molecule is Cc1nc2cc(-c3ccc4c(c3)CN(c3nc(CN(C)C)nc(C)c3Cc3ccc(F)cc3)CCO4)cnc2[nH]1. The summed E-state index contributed by atoms with van der Waals surface area (Å²) in [6.45, 7) is 6.45. The van der Waals surface area contributed by atoms with Gasteiger partial charge in [-0.2, -0.15) is 0 Å². The summed E-state index contributed by atoms with van der Waals surface area (Å²) in [5.41, 5.74) is 7.74. The summed E-state index contributed by atoms with van der Waals surface area (Å²) in [5, 5.41) is 0. The van der Waals surface area contributed by atoms with Crippen molar-refractivity contribution in [3.63, 3.8) is 0 Å². The van der Waals surface area contributed by atoms with Crippen LogP contribution in [0.2, 0.25) is 0 Å². The zero-order valence-electron chi connectivity index (χ0n) is 23.2. The van der Waals surface area contributed by atoms with Gasteiger partial charge in [0.25, 0.3) is 0 Å². The lowest BCUT2D eigenvalue weighted by molar-refractivity contribution is 0.331. The number of hydrogen-bond acceptors (Lipinski definition) is 7. The highest BCUT2D eigenvalue weighted by molar-refractivity contribution is 5.78. The van der Waals surface area contributed by atoms with Crippen molar-refractivity contribution >= 4 is 17.0 Å². The maximum absolute atomic E-state index is 13.6. The summed E-state index contributed by atoms with van der Waals surface area (Å²) in [5.74, 6) is 3.14. The topological polar surface area (TPSA) is 83.1 Å². The molecule has 0 saturated heterocycles. The number of H-pyrrole nitrogens is 1. The molecule has 2 aromatic carbocycles. The van der Waals surface area contributed by atoms with E-state index in [0.29, 0.717) is 32.7 Å². The van der Waals surface area contributed by atoms with Crippen molar-refractivity contribution in [3.05, 3.63) is 94.6 Å². The molecule has 204 valence electrons. The number of ether oxygens (including phenoxy) is 1. The summed E-state index contributed by atoms with van der Waals surface area (Å²) in [4.78, 5) is 26.5. The molecule has 0 fully saturated rings. The highest BCUT2D eigenvalue weighted by atomic mass is 19.1. The van der Waals surface area contributed by atoms with E-state index in [2.05, 4.69) is 43.0 Å². The quantitative estimate of drug-likeness (QED) is 0.318. The Labute approximate surface area is 232 Å². The normalized spacial score (nSPS) is 13.4. The second-order valence-electron chi connectivity index (χ2n) is 10.6.